The van der Waals surface area contributed by atoms with Crippen molar-refractivity contribution in [1.82, 2.24) is 15.3 Å². The third kappa shape index (κ3) is 2.76. The molecule has 1 aliphatic rings. The highest BCUT2D eigenvalue weighted by molar-refractivity contribution is 5.97. The number of H-pyrrole nitrogens is 1. The van der Waals surface area contributed by atoms with E-state index in [1.807, 2.05) is 18.2 Å². The van der Waals surface area contributed by atoms with Crippen molar-refractivity contribution in [3.05, 3.63) is 70.0 Å². The molecule has 2 N–H and O–H groups in total. The summed E-state index contributed by atoms with van der Waals surface area (Å²) in [7, 11) is 0. The Morgan fingerprint density at radius 3 is 2.60 bits per heavy atom. The summed E-state index contributed by atoms with van der Waals surface area (Å²) in [5.41, 5.74) is 4.93. The van der Waals surface area contributed by atoms with Gasteiger partial charge in [0.1, 0.15) is 0 Å². The van der Waals surface area contributed by atoms with Crippen LogP contribution in [0.3, 0.4) is 0 Å². The number of nitrogens with one attached hydrogen (secondary N) is 2. The lowest BCUT2D eigenvalue weighted by Gasteiger charge is -2.10. The van der Waals surface area contributed by atoms with Gasteiger partial charge in [-0.15, -0.1) is 0 Å². The average molecular weight is 334 g/mol. The summed E-state index contributed by atoms with van der Waals surface area (Å²) in [6, 6.07) is 11.9. The number of pyridine rings is 1. The zero-order valence-electron chi connectivity index (χ0n) is 13.2. The van der Waals surface area contributed by atoms with Crippen LogP contribution in [-0.2, 0) is 6.42 Å². The van der Waals surface area contributed by atoms with Crippen molar-refractivity contribution in [2.75, 3.05) is 6.54 Å². The Kier molecular flexibility index (Phi) is 3.53. The average Bonchev–Trinajstić information content (AvgIpc) is 3.08. The van der Waals surface area contributed by atoms with Crippen LogP contribution in [-0.4, -0.2) is 27.3 Å². The summed E-state index contributed by atoms with van der Waals surface area (Å²) in [5, 5.41) is 13.6. The summed E-state index contributed by atoms with van der Waals surface area (Å²) < 4.78 is 0. The van der Waals surface area contributed by atoms with Gasteiger partial charge >= 0.3 is 0 Å². The molecule has 7 heteroatoms. The number of amides is 1. The first-order valence-corrected chi connectivity index (χ1v) is 7.83. The second-order valence-electron chi connectivity index (χ2n) is 5.81. The number of carbonyl (C=O) groups excluding carboxylic acids is 1. The van der Waals surface area contributed by atoms with Gasteiger partial charge in [0.05, 0.1) is 16.2 Å². The molecule has 2 aromatic heterocycles. The third-order valence-corrected chi connectivity index (χ3v) is 4.25. The summed E-state index contributed by atoms with van der Waals surface area (Å²) in [6.45, 7) is 0.635. The van der Waals surface area contributed by atoms with Crippen LogP contribution in [0.5, 0.6) is 0 Å². The number of aromatic amines is 1. The fourth-order valence-corrected chi connectivity index (χ4v) is 2.96. The van der Waals surface area contributed by atoms with E-state index in [0.29, 0.717) is 17.8 Å². The van der Waals surface area contributed by atoms with E-state index in [-0.39, 0.29) is 11.6 Å². The van der Waals surface area contributed by atoms with Crippen molar-refractivity contribution in [2.45, 2.75) is 6.42 Å². The molecule has 0 saturated carbocycles. The predicted octanol–water partition coefficient (Wildman–Crippen LogP) is 2.94. The molecule has 7 nitrogen and oxygen atoms in total. The van der Waals surface area contributed by atoms with Gasteiger partial charge in [0.2, 0.25) is 0 Å². The molecule has 0 spiro atoms. The maximum Gasteiger partial charge on any atom is 0.269 e. The first kappa shape index (κ1) is 15.1. The maximum absolute atomic E-state index is 11.9. The van der Waals surface area contributed by atoms with Crippen LogP contribution in [0.2, 0.25) is 0 Å². The van der Waals surface area contributed by atoms with Gasteiger partial charge in [-0.2, -0.15) is 0 Å². The molecule has 0 atom stereocenters. The van der Waals surface area contributed by atoms with E-state index in [2.05, 4.69) is 15.3 Å². The van der Waals surface area contributed by atoms with Crippen molar-refractivity contribution in [2.24, 2.45) is 0 Å². The zero-order chi connectivity index (χ0) is 17.4. The summed E-state index contributed by atoms with van der Waals surface area (Å²) in [6.07, 6.45) is 2.47. The maximum atomic E-state index is 11.9. The fourth-order valence-electron chi connectivity index (χ4n) is 2.96. The van der Waals surface area contributed by atoms with Crippen molar-refractivity contribution in [3.8, 4) is 22.5 Å². The van der Waals surface area contributed by atoms with Crippen molar-refractivity contribution in [3.63, 3.8) is 0 Å². The number of nitro groups is 1. The number of hydrogen-bond donors (Lipinski definition) is 2. The van der Waals surface area contributed by atoms with Crippen LogP contribution in [0, 0.1) is 10.1 Å². The summed E-state index contributed by atoms with van der Waals surface area (Å²) in [5.74, 6) is -0.0617. The zero-order valence-corrected chi connectivity index (χ0v) is 13.2. The molecule has 0 saturated heterocycles. The van der Waals surface area contributed by atoms with E-state index >= 15 is 0 Å². The SMILES string of the molecule is O=C1NCCc2[nH]c(-c3ccnc(-c4ccc([N+](=O)[O-])cc4)c3)cc21. The number of benzene rings is 1. The lowest BCUT2D eigenvalue weighted by atomic mass is 10.1. The number of hydrogen-bond acceptors (Lipinski definition) is 4. The fraction of sp³-hybridized carbons (Fsp3) is 0.111. The number of aromatic nitrogens is 2. The van der Waals surface area contributed by atoms with Gasteiger partial charge in [-0.3, -0.25) is 19.9 Å². The summed E-state index contributed by atoms with van der Waals surface area (Å²) in [4.78, 5) is 29.9. The molecule has 0 fully saturated rings. The molecule has 124 valence electrons. The molecule has 4 rings (SSSR count). The van der Waals surface area contributed by atoms with Gasteiger partial charge < -0.3 is 10.3 Å². The minimum absolute atomic E-state index is 0.0444. The molecule has 1 aliphatic heterocycles. The Balaban J connectivity index is 1.70. The van der Waals surface area contributed by atoms with Gasteiger partial charge in [-0.25, -0.2) is 0 Å². The smallest absolute Gasteiger partial charge is 0.269 e. The number of carbonyl (C=O) groups is 1. The standard InChI is InChI=1S/C18H14N4O3/c23-18-14-10-17(21-15(14)6-8-20-18)12-5-7-19-16(9-12)11-1-3-13(4-2-11)22(24)25/h1-5,7,9-10,21H,6,8H2,(H,20,23). The van der Waals surface area contributed by atoms with Gasteiger partial charge in [0.15, 0.2) is 0 Å². The highest BCUT2D eigenvalue weighted by Gasteiger charge is 2.20. The first-order chi connectivity index (χ1) is 12.1. The van der Waals surface area contributed by atoms with Crippen LogP contribution in [0.4, 0.5) is 5.69 Å². The van der Waals surface area contributed by atoms with Crippen LogP contribution in [0.1, 0.15) is 16.1 Å². The van der Waals surface area contributed by atoms with E-state index in [9.17, 15) is 14.9 Å². The Labute approximate surface area is 142 Å². The van der Waals surface area contributed by atoms with Crippen molar-refractivity contribution >= 4 is 11.6 Å². The van der Waals surface area contributed by atoms with E-state index < -0.39 is 4.92 Å². The molecule has 0 aliphatic carbocycles. The molecule has 0 bridgehead atoms. The predicted molar refractivity (Wildman–Crippen MR) is 92.2 cm³/mol. The lowest BCUT2D eigenvalue weighted by Crippen LogP contribution is -2.31. The Morgan fingerprint density at radius 2 is 1.88 bits per heavy atom. The van der Waals surface area contributed by atoms with Crippen LogP contribution in [0.25, 0.3) is 22.5 Å². The molecule has 0 unspecified atom stereocenters. The third-order valence-electron chi connectivity index (χ3n) is 4.25. The largest absolute Gasteiger partial charge is 0.358 e. The Bertz CT molecular complexity index is 976. The minimum Gasteiger partial charge on any atom is -0.358 e. The van der Waals surface area contributed by atoms with Crippen molar-refractivity contribution in [1.29, 1.82) is 0 Å². The number of fused-ring (bicyclic) bond motifs is 1. The number of non-ortho nitro benzene ring substituents is 1. The van der Waals surface area contributed by atoms with E-state index in [0.717, 1.165) is 28.9 Å². The monoisotopic (exact) mass is 334 g/mol. The van der Waals surface area contributed by atoms with Gasteiger partial charge in [-0.05, 0) is 30.3 Å². The summed E-state index contributed by atoms with van der Waals surface area (Å²) >= 11 is 0. The topological polar surface area (TPSA) is 101 Å². The molecule has 3 aromatic rings. The quantitative estimate of drug-likeness (QED) is 0.568. The highest BCUT2D eigenvalue weighted by atomic mass is 16.6. The normalized spacial score (nSPS) is 13.2. The highest BCUT2D eigenvalue weighted by Crippen LogP contribution is 2.27. The number of nitrogens with zero attached hydrogens (tertiary/aromatic N) is 2. The van der Waals surface area contributed by atoms with Crippen LogP contribution < -0.4 is 5.32 Å². The van der Waals surface area contributed by atoms with Gasteiger partial charge in [0, 0.05) is 53.8 Å². The molecule has 1 aromatic carbocycles. The van der Waals surface area contributed by atoms with E-state index in [1.54, 1.807) is 18.3 Å². The van der Waals surface area contributed by atoms with Gasteiger partial charge in [-0.1, -0.05) is 0 Å². The number of nitro benzene ring substituents is 1. The van der Waals surface area contributed by atoms with Crippen LogP contribution in [0.15, 0.2) is 48.7 Å². The molecule has 0 radical (unpaired) electrons. The molecular weight excluding hydrogens is 320 g/mol. The molecule has 1 amide bonds. The van der Waals surface area contributed by atoms with Crippen molar-refractivity contribution < 1.29 is 9.72 Å². The molecular formula is C18H14N4O3. The first-order valence-electron chi connectivity index (χ1n) is 7.83. The minimum atomic E-state index is -0.428. The van der Waals surface area contributed by atoms with E-state index in [4.69, 9.17) is 0 Å². The molecule has 3 heterocycles. The molecule has 25 heavy (non-hydrogen) atoms. The Morgan fingerprint density at radius 1 is 1.08 bits per heavy atom. The van der Waals surface area contributed by atoms with E-state index in [1.165, 1.54) is 12.1 Å². The second kappa shape index (κ2) is 5.86. The number of rotatable bonds is 3. The van der Waals surface area contributed by atoms with Gasteiger partial charge in [0.25, 0.3) is 11.6 Å². The lowest BCUT2D eigenvalue weighted by molar-refractivity contribution is -0.384. The second-order valence-corrected chi connectivity index (χ2v) is 5.81. The van der Waals surface area contributed by atoms with Crippen LogP contribution >= 0.6 is 0 Å². The Hall–Kier alpha value is -3.48.